The highest BCUT2D eigenvalue weighted by Gasteiger charge is 2.07. The number of carbonyl (C=O) groups excluding carboxylic acids is 2. The maximum absolute atomic E-state index is 11.3. The summed E-state index contributed by atoms with van der Waals surface area (Å²) in [7, 11) is 0. The Morgan fingerprint density at radius 2 is 1.89 bits per heavy atom. The van der Waals surface area contributed by atoms with Crippen LogP contribution in [0, 0.1) is 0 Å². The number of halogens is 2. The molecule has 98 valence electrons. The van der Waals surface area contributed by atoms with Crippen LogP contribution in [-0.2, 0) is 9.59 Å². The second kappa shape index (κ2) is 7.08. The van der Waals surface area contributed by atoms with Gasteiger partial charge in [0.05, 0.1) is 5.02 Å². The first-order valence-corrected chi connectivity index (χ1v) is 5.94. The van der Waals surface area contributed by atoms with E-state index in [4.69, 9.17) is 27.9 Å². The summed E-state index contributed by atoms with van der Waals surface area (Å²) in [6, 6.07) is 4.66. The summed E-state index contributed by atoms with van der Waals surface area (Å²) in [6.45, 7) is 1.41. The van der Waals surface area contributed by atoms with Crippen LogP contribution in [0.4, 0.5) is 0 Å². The number of amides is 2. The fraction of sp³-hybridized carbons (Fsp3) is 0.273. The van der Waals surface area contributed by atoms with Gasteiger partial charge in [-0.25, -0.2) is 0 Å². The monoisotopic (exact) mass is 290 g/mol. The maximum atomic E-state index is 11.3. The fourth-order valence-corrected chi connectivity index (χ4v) is 1.46. The van der Waals surface area contributed by atoms with Crippen molar-refractivity contribution in [2.45, 2.75) is 13.3 Å². The predicted molar refractivity (Wildman–Crippen MR) is 68.5 cm³/mol. The molecule has 18 heavy (non-hydrogen) atoms. The highest BCUT2D eigenvalue weighted by molar-refractivity contribution is 6.35. The number of hydrazine groups is 1. The third-order valence-electron chi connectivity index (χ3n) is 1.92. The van der Waals surface area contributed by atoms with E-state index in [-0.39, 0.29) is 18.9 Å². The van der Waals surface area contributed by atoms with E-state index in [0.717, 1.165) is 0 Å². The van der Waals surface area contributed by atoms with Crippen LogP contribution in [0.3, 0.4) is 0 Å². The van der Waals surface area contributed by atoms with E-state index in [9.17, 15) is 9.59 Å². The van der Waals surface area contributed by atoms with Gasteiger partial charge in [-0.05, 0) is 18.2 Å². The number of rotatable bonds is 4. The molecule has 0 saturated heterocycles. The third-order valence-corrected chi connectivity index (χ3v) is 2.45. The van der Waals surface area contributed by atoms with E-state index >= 15 is 0 Å². The molecule has 0 radical (unpaired) electrons. The van der Waals surface area contributed by atoms with Crippen LogP contribution in [0.15, 0.2) is 18.2 Å². The molecule has 0 unspecified atom stereocenters. The summed E-state index contributed by atoms with van der Waals surface area (Å²) >= 11 is 11.6. The van der Waals surface area contributed by atoms with Gasteiger partial charge in [0, 0.05) is 11.4 Å². The lowest BCUT2D eigenvalue weighted by molar-refractivity contribution is -0.129. The lowest BCUT2D eigenvalue weighted by atomic mass is 10.3. The van der Waals surface area contributed by atoms with E-state index in [1.165, 1.54) is 6.07 Å². The minimum absolute atomic E-state index is 0.259. The van der Waals surface area contributed by atoms with Crippen molar-refractivity contribution >= 4 is 35.0 Å². The molecule has 0 aliphatic heterocycles. The van der Waals surface area contributed by atoms with E-state index in [1.54, 1.807) is 19.1 Å². The molecule has 0 heterocycles. The molecule has 0 spiro atoms. The van der Waals surface area contributed by atoms with Gasteiger partial charge in [0.1, 0.15) is 5.75 Å². The normalized spacial score (nSPS) is 9.72. The largest absolute Gasteiger partial charge is 0.482 e. The van der Waals surface area contributed by atoms with E-state index in [2.05, 4.69) is 10.9 Å². The number of ether oxygens (including phenoxy) is 1. The predicted octanol–water partition coefficient (Wildman–Crippen LogP) is 1.93. The first-order chi connectivity index (χ1) is 8.52. The lowest BCUT2D eigenvalue weighted by Gasteiger charge is -2.09. The minimum atomic E-state index is -0.484. The highest BCUT2D eigenvalue weighted by Crippen LogP contribution is 2.27. The van der Waals surface area contributed by atoms with Crippen LogP contribution < -0.4 is 15.6 Å². The van der Waals surface area contributed by atoms with Gasteiger partial charge in [0.15, 0.2) is 6.61 Å². The number of hydrogen-bond donors (Lipinski definition) is 2. The Morgan fingerprint density at radius 3 is 2.50 bits per heavy atom. The average Bonchev–Trinajstić information content (AvgIpc) is 2.34. The van der Waals surface area contributed by atoms with Crippen LogP contribution in [0.2, 0.25) is 10.0 Å². The quantitative estimate of drug-likeness (QED) is 0.833. The number of hydrogen-bond acceptors (Lipinski definition) is 3. The van der Waals surface area contributed by atoms with Gasteiger partial charge in [0.25, 0.3) is 5.91 Å². The van der Waals surface area contributed by atoms with Crippen molar-refractivity contribution in [1.82, 2.24) is 10.9 Å². The molecule has 0 atom stereocenters. The second-order valence-electron chi connectivity index (χ2n) is 3.31. The number of benzene rings is 1. The van der Waals surface area contributed by atoms with Gasteiger partial charge in [-0.1, -0.05) is 30.1 Å². The van der Waals surface area contributed by atoms with Crippen LogP contribution in [0.5, 0.6) is 5.75 Å². The smallest absolute Gasteiger partial charge is 0.276 e. The van der Waals surface area contributed by atoms with E-state index in [1.807, 2.05) is 0 Å². The Hall–Kier alpha value is -1.46. The first kappa shape index (κ1) is 14.6. The summed E-state index contributed by atoms with van der Waals surface area (Å²) in [5, 5.41) is 0.792. The van der Waals surface area contributed by atoms with Crippen molar-refractivity contribution in [3.63, 3.8) is 0 Å². The van der Waals surface area contributed by atoms with Gasteiger partial charge in [0.2, 0.25) is 5.91 Å². The van der Waals surface area contributed by atoms with Crippen molar-refractivity contribution in [3.8, 4) is 5.75 Å². The van der Waals surface area contributed by atoms with Crippen molar-refractivity contribution in [1.29, 1.82) is 0 Å². The summed E-state index contributed by atoms with van der Waals surface area (Å²) in [5.74, 6) is -0.422. The molecule has 5 nitrogen and oxygen atoms in total. The molecular weight excluding hydrogens is 279 g/mol. The SMILES string of the molecule is CCC(=O)NNC(=O)COc1ccc(Cl)cc1Cl. The zero-order valence-corrected chi connectivity index (χ0v) is 11.1. The van der Waals surface area contributed by atoms with Gasteiger partial charge in [-0.15, -0.1) is 0 Å². The Balaban J connectivity index is 2.40. The van der Waals surface area contributed by atoms with Gasteiger partial charge in [-0.3, -0.25) is 20.4 Å². The Labute approximate surface area is 114 Å². The molecule has 0 aliphatic carbocycles. The molecule has 1 rings (SSSR count). The molecule has 2 amide bonds. The third kappa shape index (κ3) is 4.81. The zero-order chi connectivity index (χ0) is 13.5. The minimum Gasteiger partial charge on any atom is -0.482 e. The van der Waals surface area contributed by atoms with Crippen molar-refractivity contribution in [2.75, 3.05) is 6.61 Å². The first-order valence-electron chi connectivity index (χ1n) is 5.18. The standard InChI is InChI=1S/C11H12Cl2N2O3/c1-2-10(16)14-15-11(17)6-18-9-4-3-7(12)5-8(9)13/h3-5H,2,6H2,1H3,(H,14,16)(H,15,17). The molecule has 0 fully saturated rings. The topological polar surface area (TPSA) is 67.4 Å². The molecule has 0 aliphatic rings. The van der Waals surface area contributed by atoms with Crippen molar-refractivity contribution in [3.05, 3.63) is 28.2 Å². The van der Waals surface area contributed by atoms with Gasteiger partial charge >= 0.3 is 0 Å². The zero-order valence-electron chi connectivity index (χ0n) is 9.63. The van der Waals surface area contributed by atoms with Crippen LogP contribution in [0.25, 0.3) is 0 Å². The van der Waals surface area contributed by atoms with Crippen LogP contribution >= 0.6 is 23.2 Å². The van der Waals surface area contributed by atoms with E-state index < -0.39 is 5.91 Å². The highest BCUT2D eigenvalue weighted by atomic mass is 35.5. The second-order valence-corrected chi connectivity index (χ2v) is 4.16. The fourth-order valence-electron chi connectivity index (χ4n) is 0.999. The van der Waals surface area contributed by atoms with E-state index in [0.29, 0.717) is 15.8 Å². The molecule has 0 bridgehead atoms. The van der Waals surface area contributed by atoms with Gasteiger partial charge in [-0.2, -0.15) is 0 Å². The number of carbonyl (C=O) groups is 2. The summed E-state index contributed by atoms with van der Waals surface area (Å²) in [4.78, 5) is 22.2. The number of nitrogens with one attached hydrogen (secondary N) is 2. The van der Waals surface area contributed by atoms with Crippen molar-refractivity contribution in [2.24, 2.45) is 0 Å². The molecule has 1 aromatic rings. The average molecular weight is 291 g/mol. The molecule has 2 N–H and O–H groups in total. The van der Waals surface area contributed by atoms with Crippen molar-refractivity contribution < 1.29 is 14.3 Å². The Kier molecular flexibility index (Phi) is 5.74. The Morgan fingerprint density at radius 1 is 1.22 bits per heavy atom. The lowest BCUT2D eigenvalue weighted by Crippen LogP contribution is -2.43. The van der Waals surface area contributed by atoms with Crippen LogP contribution in [0.1, 0.15) is 13.3 Å². The molecular formula is C11H12Cl2N2O3. The van der Waals surface area contributed by atoms with Gasteiger partial charge < -0.3 is 4.74 Å². The van der Waals surface area contributed by atoms with Crippen LogP contribution in [-0.4, -0.2) is 18.4 Å². The summed E-state index contributed by atoms with van der Waals surface area (Å²) in [6.07, 6.45) is 0.282. The summed E-state index contributed by atoms with van der Waals surface area (Å²) < 4.78 is 5.17. The maximum Gasteiger partial charge on any atom is 0.276 e. The molecule has 0 saturated carbocycles. The molecule has 7 heteroatoms. The summed E-state index contributed by atoms with van der Waals surface area (Å²) in [5.41, 5.74) is 4.42. The molecule has 1 aromatic carbocycles. The Bertz CT molecular complexity index is 452. The molecule has 0 aromatic heterocycles.